The molecule has 0 bridgehead atoms. The van der Waals surface area contributed by atoms with Crippen molar-refractivity contribution in [1.82, 2.24) is 0 Å². The van der Waals surface area contributed by atoms with E-state index in [9.17, 15) is 0 Å². The highest BCUT2D eigenvalue weighted by molar-refractivity contribution is 6.33. The number of fused-ring (bicyclic) bond motifs is 1. The van der Waals surface area contributed by atoms with Gasteiger partial charge >= 0.3 is 0 Å². The Bertz CT molecular complexity index is 265. The van der Waals surface area contributed by atoms with Crippen molar-refractivity contribution in [2.45, 2.75) is 13.3 Å². The molecule has 0 atom stereocenters. The average molecular weight is 168 g/mol. The zero-order chi connectivity index (χ0) is 7.84. The zero-order valence-corrected chi connectivity index (χ0v) is 7.20. The standard InChI is InChI=1S/C9H10ClN/c1-6-2-3-8(10)9-7(6)4-5-11-9/h2-3,11H,4-5H2,1H3. The number of rotatable bonds is 0. The molecule has 0 amide bonds. The molecule has 1 nitrogen and oxygen atoms in total. The van der Waals surface area contributed by atoms with E-state index in [1.807, 2.05) is 6.07 Å². The summed E-state index contributed by atoms with van der Waals surface area (Å²) in [4.78, 5) is 0. The van der Waals surface area contributed by atoms with Crippen molar-refractivity contribution in [2.24, 2.45) is 0 Å². The van der Waals surface area contributed by atoms with Gasteiger partial charge in [0.1, 0.15) is 0 Å². The van der Waals surface area contributed by atoms with Gasteiger partial charge in [0, 0.05) is 6.54 Å². The number of hydrogen-bond acceptors (Lipinski definition) is 1. The van der Waals surface area contributed by atoms with E-state index in [0.29, 0.717) is 0 Å². The molecular weight excluding hydrogens is 158 g/mol. The van der Waals surface area contributed by atoms with Gasteiger partial charge in [-0.2, -0.15) is 0 Å². The molecule has 11 heavy (non-hydrogen) atoms. The van der Waals surface area contributed by atoms with Gasteiger partial charge in [-0.15, -0.1) is 0 Å². The van der Waals surface area contributed by atoms with Crippen LogP contribution in [-0.4, -0.2) is 6.54 Å². The Morgan fingerprint density at radius 2 is 2.27 bits per heavy atom. The predicted molar refractivity (Wildman–Crippen MR) is 48.4 cm³/mol. The molecule has 1 aromatic rings. The Morgan fingerprint density at radius 3 is 3.00 bits per heavy atom. The van der Waals surface area contributed by atoms with Crippen molar-refractivity contribution >= 4 is 17.3 Å². The van der Waals surface area contributed by atoms with Gasteiger partial charge in [-0.1, -0.05) is 17.7 Å². The second-order valence-corrected chi connectivity index (χ2v) is 3.30. The Balaban J connectivity index is 2.64. The quantitative estimate of drug-likeness (QED) is 0.627. The van der Waals surface area contributed by atoms with Crippen LogP contribution in [0.2, 0.25) is 5.02 Å². The minimum Gasteiger partial charge on any atom is -0.383 e. The normalized spacial score (nSPS) is 14.4. The smallest absolute Gasteiger partial charge is 0.0640 e. The van der Waals surface area contributed by atoms with Crippen LogP contribution in [0.5, 0.6) is 0 Å². The van der Waals surface area contributed by atoms with Gasteiger partial charge in [0.15, 0.2) is 0 Å². The summed E-state index contributed by atoms with van der Waals surface area (Å²) in [6.45, 7) is 3.15. The molecule has 1 heterocycles. The van der Waals surface area contributed by atoms with Crippen LogP contribution < -0.4 is 5.32 Å². The summed E-state index contributed by atoms with van der Waals surface area (Å²) in [7, 11) is 0. The van der Waals surface area contributed by atoms with Gasteiger partial charge in [-0.05, 0) is 30.5 Å². The first kappa shape index (κ1) is 6.99. The van der Waals surface area contributed by atoms with Crippen molar-refractivity contribution < 1.29 is 0 Å². The molecule has 0 aromatic heterocycles. The lowest BCUT2D eigenvalue weighted by atomic mass is 10.1. The minimum absolute atomic E-state index is 0.850. The first-order chi connectivity index (χ1) is 5.29. The van der Waals surface area contributed by atoms with Crippen LogP contribution in [-0.2, 0) is 6.42 Å². The Morgan fingerprint density at radius 1 is 1.45 bits per heavy atom. The van der Waals surface area contributed by atoms with Crippen LogP contribution in [0.3, 0.4) is 0 Å². The molecule has 58 valence electrons. The first-order valence-electron chi connectivity index (χ1n) is 3.81. The molecule has 0 radical (unpaired) electrons. The van der Waals surface area contributed by atoms with E-state index in [1.165, 1.54) is 11.1 Å². The van der Waals surface area contributed by atoms with Crippen LogP contribution in [0, 0.1) is 6.92 Å². The molecule has 1 aliphatic rings. The van der Waals surface area contributed by atoms with Gasteiger partial charge in [-0.25, -0.2) is 0 Å². The molecule has 2 rings (SSSR count). The molecule has 0 unspecified atom stereocenters. The van der Waals surface area contributed by atoms with Crippen molar-refractivity contribution in [3.8, 4) is 0 Å². The van der Waals surface area contributed by atoms with Gasteiger partial charge in [0.05, 0.1) is 10.7 Å². The minimum atomic E-state index is 0.850. The molecule has 0 spiro atoms. The van der Waals surface area contributed by atoms with E-state index in [4.69, 9.17) is 11.6 Å². The van der Waals surface area contributed by atoms with Crippen LogP contribution >= 0.6 is 11.6 Å². The lowest BCUT2D eigenvalue weighted by Gasteiger charge is -2.04. The van der Waals surface area contributed by atoms with Crippen LogP contribution in [0.4, 0.5) is 5.69 Å². The fraction of sp³-hybridized carbons (Fsp3) is 0.333. The van der Waals surface area contributed by atoms with Gasteiger partial charge in [0.25, 0.3) is 0 Å². The predicted octanol–water partition coefficient (Wildman–Crippen LogP) is 2.62. The molecule has 1 aromatic carbocycles. The largest absolute Gasteiger partial charge is 0.383 e. The monoisotopic (exact) mass is 167 g/mol. The SMILES string of the molecule is Cc1ccc(Cl)c2c1CCN2. The maximum Gasteiger partial charge on any atom is 0.0640 e. The maximum atomic E-state index is 5.98. The van der Waals surface area contributed by atoms with Crippen molar-refractivity contribution in [3.05, 3.63) is 28.3 Å². The fourth-order valence-corrected chi connectivity index (χ4v) is 1.79. The van der Waals surface area contributed by atoms with Gasteiger partial charge < -0.3 is 5.32 Å². The Labute approximate surface area is 71.4 Å². The molecule has 0 saturated carbocycles. The third-order valence-electron chi connectivity index (χ3n) is 2.17. The van der Waals surface area contributed by atoms with Crippen molar-refractivity contribution in [2.75, 3.05) is 11.9 Å². The summed E-state index contributed by atoms with van der Waals surface area (Å²) in [5.41, 5.74) is 3.87. The third-order valence-corrected chi connectivity index (χ3v) is 2.49. The molecule has 1 N–H and O–H groups in total. The topological polar surface area (TPSA) is 12.0 Å². The van der Waals surface area contributed by atoms with E-state index in [2.05, 4.69) is 18.3 Å². The summed E-state index contributed by atoms with van der Waals surface area (Å²) in [5, 5.41) is 4.13. The highest BCUT2D eigenvalue weighted by Crippen LogP contribution is 2.32. The maximum absolute atomic E-state index is 5.98. The number of benzene rings is 1. The first-order valence-corrected chi connectivity index (χ1v) is 4.18. The fourth-order valence-electron chi connectivity index (χ4n) is 1.55. The van der Waals surface area contributed by atoms with Crippen molar-refractivity contribution in [3.63, 3.8) is 0 Å². The number of aryl methyl sites for hydroxylation is 1. The molecular formula is C9H10ClN. The molecule has 0 fully saturated rings. The van der Waals surface area contributed by atoms with Crippen molar-refractivity contribution in [1.29, 1.82) is 0 Å². The molecule has 1 aliphatic heterocycles. The van der Waals surface area contributed by atoms with Gasteiger partial charge in [0.2, 0.25) is 0 Å². The number of anilines is 1. The number of halogens is 1. The van der Waals surface area contributed by atoms with E-state index < -0.39 is 0 Å². The number of nitrogens with one attached hydrogen (secondary N) is 1. The summed E-state index contributed by atoms with van der Waals surface area (Å²) in [5.74, 6) is 0. The van der Waals surface area contributed by atoms with E-state index >= 15 is 0 Å². The van der Waals surface area contributed by atoms with Crippen LogP contribution in [0.15, 0.2) is 12.1 Å². The molecule has 0 saturated heterocycles. The highest BCUT2D eigenvalue weighted by Gasteiger charge is 2.14. The highest BCUT2D eigenvalue weighted by atomic mass is 35.5. The summed E-state index contributed by atoms with van der Waals surface area (Å²) in [6.07, 6.45) is 1.11. The molecule has 0 aliphatic carbocycles. The number of hydrogen-bond donors (Lipinski definition) is 1. The van der Waals surface area contributed by atoms with E-state index in [1.54, 1.807) is 0 Å². The second kappa shape index (κ2) is 2.42. The van der Waals surface area contributed by atoms with Gasteiger partial charge in [-0.3, -0.25) is 0 Å². The molecule has 2 heteroatoms. The summed E-state index contributed by atoms with van der Waals surface area (Å²) in [6, 6.07) is 4.03. The Hall–Kier alpha value is -0.690. The summed E-state index contributed by atoms with van der Waals surface area (Å²) >= 11 is 5.98. The van der Waals surface area contributed by atoms with E-state index in [-0.39, 0.29) is 0 Å². The van der Waals surface area contributed by atoms with Crippen LogP contribution in [0.1, 0.15) is 11.1 Å². The lowest BCUT2D eigenvalue weighted by Crippen LogP contribution is -1.91. The zero-order valence-electron chi connectivity index (χ0n) is 6.45. The lowest BCUT2D eigenvalue weighted by molar-refractivity contribution is 1.09. The second-order valence-electron chi connectivity index (χ2n) is 2.89. The van der Waals surface area contributed by atoms with E-state index in [0.717, 1.165) is 23.7 Å². The average Bonchev–Trinajstić information content (AvgIpc) is 2.45. The Kier molecular flexibility index (Phi) is 1.53. The van der Waals surface area contributed by atoms with Crippen LogP contribution in [0.25, 0.3) is 0 Å². The third kappa shape index (κ3) is 1.000. The summed E-state index contributed by atoms with van der Waals surface area (Å²) < 4.78 is 0.